The van der Waals surface area contributed by atoms with Crippen LogP contribution in [-0.4, -0.2) is 37.4 Å². The molecular formula is C11H12N2O5. The Morgan fingerprint density at radius 2 is 2.28 bits per heavy atom. The highest BCUT2D eigenvalue weighted by molar-refractivity contribution is 6.06. The van der Waals surface area contributed by atoms with Crippen molar-refractivity contribution < 1.29 is 24.2 Å². The van der Waals surface area contributed by atoms with E-state index in [-0.39, 0.29) is 35.8 Å². The van der Waals surface area contributed by atoms with Crippen molar-refractivity contribution in [3.05, 3.63) is 17.7 Å². The van der Waals surface area contributed by atoms with Gasteiger partial charge in [-0.2, -0.15) is 0 Å². The second-order valence-corrected chi connectivity index (χ2v) is 3.65. The number of nitrogens with two attached hydrogens (primary N) is 1. The van der Waals surface area contributed by atoms with Crippen molar-refractivity contribution in [2.24, 2.45) is 0 Å². The first-order valence-corrected chi connectivity index (χ1v) is 5.20. The molecule has 1 fully saturated rings. The third-order valence-electron chi connectivity index (χ3n) is 2.64. The molecule has 0 atom stereocenters. The summed E-state index contributed by atoms with van der Waals surface area (Å²) in [6, 6.07) is 2.94. The summed E-state index contributed by atoms with van der Waals surface area (Å²) in [5.41, 5.74) is 5.68. The van der Waals surface area contributed by atoms with E-state index < -0.39 is 12.1 Å². The summed E-state index contributed by atoms with van der Waals surface area (Å²) in [4.78, 5) is 24.0. The van der Waals surface area contributed by atoms with E-state index in [2.05, 4.69) is 0 Å². The number of carbonyl (C=O) groups is 2. The minimum atomic E-state index is -1.22. The molecule has 7 heteroatoms. The average molecular weight is 252 g/mol. The van der Waals surface area contributed by atoms with Crippen molar-refractivity contribution in [1.82, 2.24) is 0 Å². The van der Waals surface area contributed by atoms with Gasteiger partial charge in [-0.25, -0.2) is 9.59 Å². The van der Waals surface area contributed by atoms with Gasteiger partial charge in [-0.15, -0.1) is 0 Å². The van der Waals surface area contributed by atoms with Crippen LogP contribution in [-0.2, 0) is 4.74 Å². The van der Waals surface area contributed by atoms with Crippen molar-refractivity contribution in [2.45, 2.75) is 0 Å². The second-order valence-electron chi connectivity index (χ2n) is 3.65. The molecule has 1 amide bonds. The van der Waals surface area contributed by atoms with Gasteiger partial charge in [0.15, 0.2) is 0 Å². The van der Waals surface area contributed by atoms with Crippen molar-refractivity contribution >= 4 is 23.4 Å². The van der Waals surface area contributed by atoms with Gasteiger partial charge in [0, 0.05) is 5.69 Å². The summed E-state index contributed by atoms with van der Waals surface area (Å²) in [6.45, 7) is 0.467. The number of ether oxygens (including phenoxy) is 2. The number of cyclic esters (lactones) is 1. The molecule has 0 unspecified atom stereocenters. The van der Waals surface area contributed by atoms with Crippen LogP contribution in [0.15, 0.2) is 12.1 Å². The molecule has 18 heavy (non-hydrogen) atoms. The Bertz CT molecular complexity index is 514. The zero-order chi connectivity index (χ0) is 13.3. The van der Waals surface area contributed by atoms with Gasteiger partial charge in [0.2, 0.25) is 0 Å². The lowest BCUT2D eigenvalue weighted by Crippen LogP contribution is -2.26. The van der Waals surface area contributed by atoms with E-state index in [1.165, 1.54) is 24.1 Å². The van der Waals surface area contributed by atoms with Crippen LogP contribution in [0.4, 0.5) is 16.2 Å². The van der Waals surface area contributed by atoms with Gasteiger partial charge in [-0.3, -0.25) is 4.90 Å². The molecule has 0 aromatic heterocycles. The summed E-state index contributed by atoms with van der Waals surface area (Å²) < 4.78 is 9.88. The quantitative estimate of drug-likeness (QED) is 0.776. The molecule has 3 N–H and O–H groups in total. The van der Waals surface area contributed by atoms with Crippen LogP contribution >= 0.6 is 0 Å². The van der Waals surface area contributed by atoms with Gasteiger partial charge in [0.1, 0.15) is 23.6 Å². The maximum absolute atomic E-state index is 11.5. The summed E-state index contributed by atoms with van der Waals surface area (Å²) >= 11 is 0. The molecule has 7 nitrogen and oxygen atoms in total. The zero-order valence-electron chi connectivity index (χ0n) is 9.67. The Morgan fingerprint density at radius 3 is 2.78 bits per heavy atom. The van der Waals surface area contributed by atoms with Crippen molar-refractivity contribution in [3.63, 3.8) is 0 Å². The molecule has 96 valence electrons. The standard InChI is InChI=1S/C11H12N2O5/c1-17-7-3-2-6(12)8(10(14)15)9(7)13-4-5-18-11(13)16/h2-3H,4-5,12H2,1H3,(H,14,15). The van der Waals surface area contributed by atoms with E-state index in [1.807, 2.05) is 0 Å². The predicted molar refractivity (Wildman–Crippen MR) is 63.1 cm³/mol. The number of methoxy groups -OCH3 is 1. The third-order valence-corrected chi connectivity index (χ3v) is 2.64. The molecule has 1 aliphatic rings. The zero-order valence-corrected chi connectivity index (χ0v) is 9.67. The van der Waals surface area contributed by atoms with Crippen LogP contribution in [0.5, 0.6) is 5.75 Å². The van der Waals surface area contributed by atoms with Crippen molar-refractivity contribution in [2.75, 3.05) is 30.9 Å². The molecule has 2 rings (SSSR count). The molecule has 1 saturated heterocycles. The van der Waals surface area contributed by atoms with Crippen LogP contribution in [0, 0.1) is 0 Å². The van der Waals surface area contributed by atoms with Gasteiger partial charge >= 0.3 is 12.1 Å². The number of carbonyl (C=O) groups excluding carboxylic acids is 1. The van der Waals surface area contributed by atoms with E-state index in [9.17, 15) is 14.7 Å². The highest BCUT2D eigenvalue weighted by Crippen LogP contribution is 2.37. The average Bonchev–Trinajstić information content (AvgIpc) is 2.74. The smallest absolute Gasteiger partial charge is 0.414 e. The molecule has 0 spiro atoms. The maximum atomic E-state index is 11.5. The van der Waals surface area contributed by atoms with E-state index >= 15 is 0 Å². The topological polar surface area (TPSA) is 102 Å². The van der Waals surface area contributed by atoms with Gasteiger partial charge < -0.3 is 20.3 Å². The van der Waals surface area contributed by atoms with Crippen molar-refractivity contribution in [3.8, 4) is 5.75 Å². The number of carboxylic acids is 1. The fraction of sp³-hybridized carbons (Fsp3) is 0.273. The highest BCUT2D eigenvalue weighted by atomic mass is 16.6. The fourth-order valence-corrected chi connectivity index (χ4v) is 1.84. The maximum Gasteiger partial charge on any atom is 0.414 e. The van der Waals surface area contributed by atoms with Crippen LogP contribution in [0.2, 0.25) is 0 Å². The first kappa shape index (κ1) is 12.0. The molecular weight excluding hydrogens is 240 g/mol. The third kappa shape index (κ3) is 1.79. The molecule has 0 radical (unpaired) electrons. The van der Waals surface area contributed by atoms with Gasteiger partial charge in [-0.1, -0.05) is 0 Å². The number of rotatable bonds is 3. The summed E-state index contributed by atoms with van der Waals surface area (Å²) in [7, 11) is 1.39. The normalized spacial score (nSPS) is 14.5. The van der Waals surface area contributed by atoms with E-state index in [0.717, 1.165) is 0 Å². The van der Waals surface area contributed by atoms with Crippen LogP contribution in [0.1, 0.15) is 10.4 Å². The number of benzene rings is 1. The number of hydrogen-bond donors (Lipinski definition) is 2. The second kappa shape index (κ2) is 4.44. The van der Waals surface area contributed by atoms with Crippen molar-refractivity contribution in [1.29, 1.82) is 0 Å². The van der Waals surface area contributed by atoms with Gasteiger partial charge in [-0.05, 0) is 12.1 Å². The lowest BCUT2D eigenvalue weighted by molar-refractivity contribution is 0.0698. The Kier molecular flexibility index (Phi) is 2.97. The number of carboxylic acid groups (broad SMARTS) is 1. The summed E-state index contributed by atoms with van der Waals surface area (Å²) in [5.74, 6) is -0.957. The van der Waals surface area contributed by atoms with Crippen LogP contribution < -0.4 is 15.4 Å². The number of hydrogen-bond acceptors (Lipinski definition) is 5. The minimum Gasteiger partial charge on any atom is -0.495 e. The molecule has 1 aliphatic heterocycles. The van der Waals surface area contributed by atoms with Crippen LogP contribution in [0.3, 0.4) is 0 Å². The van der Waals surface area contributed by atoms with E-state index in [0.29, 0.717) is 0 Å². The molecule has 0 bridgehead atoms. The summed E-state index contributed by atoms with van der Waals surface area (Å²) in [6.07, 6.45) is -0.610. The van der Waals surface area contributed by atoms with E-state index in [1.54, 1.807) is 0 Å². The Labute approximate surface area is 103 Å². The first-order valence-electron chi connectivity index (χ1n) is 5.20. The first-order chi connectivity index (χ1) is 8.56. The van der Waals surface area contributed by atoms with E-state index in [4.69, 9.17) is 15.2 Å². The van der Waals surface area contributed by atoms with Gasteiger partial charge in [0.05, 0.1) is 13.7 Å². The minimum absolute atomic E-state index is 0.0676. The Hall–Kier alpha value is -2.44. The van der Waals surface area contributed by atoms with Gasteiger partial charge in [0.25, 0.3) is 0 Å². The number of anilines is 2. The molecule has 1 heterocycles. The largest absolute Gasteiger partial charge is 0.495 e. The fourth-order valence-electron chi connectivity index (χ4n) is 1.84. The number of amides is 1. The Balaban J connectivity index is 2.64. The monoisotopic (exact) mass is 252 g/mol. The van der Waals surface area contributed by atoms with Crippen LogP contribution in [0.25, 0.3) is 0 Å². The summed E-state index contributed by atoms with van der Waals surface area (Å²) in [5, 5.41) is 9.20. The Morgan fingerprint density at radius 1 is 1.56 bits per heavy atom. The number of nitrogens with zero attached hydrogens (tertiary/aromatic N) is 1. The lowest BCUT2D eigenvalue weighted by atomic mass is 10.1. The molecule has 1 aromatic rings. The predicted octanol–water partition coefficient (Wildman–Crippen LogP) is 0.932. The number of nitrogen functional groups attached to an aromatic ring is 1. The highest BCUT2D eigenvalue weighted by Gasteiger charge is 2.31. The molecule has 0 saturated carbocycles. The molecule has 1 aromatic carbocycles. The lowest BCUT2D eigenvalue weighted by Gasteiger charge is -2.19. The molecule has 0 aliphatic carbocycles. The number of aromatic carboxylic acids is 1. The SMILES string of the molecule is COc1ccc(N)c(C(=O)O)c1N1CCOC1=O.